The SMILES string of the molecule is CCOc1ccc(C2(C#N)CCCN(C)CC2)cc1. The molecule has 0 saturated carbocycles. The second-order valence-corrected chi connectivity index (χ2v) is 5.31. The van der Waals surface area contributed by atoms with Gasteiger partial charge in [0, 0.05) is 0 Å². The topological polar surface area (TPSA) is 36.3 Å². The van der Waals surface area contributed by atoms with E-state index in [-0.39, 0.29) is 5.41 Å². The van der Waals surface area contributed by atoms with Gasteiger partial charge in [-0.05, 0) is 64.0 Å². The molecular weight excluding hydrogens is 236 g/mol. The molecule has 0 spiro atoms. The van der Waals surface area contributed by atoms with E-state index in [0.717, 1.165) is 43.7 Å². The van der Waals surface area contributed by atoms with Crippen LogP contribution in [0.3, 0.4) is 0 Å². The number of likely N-dealkylation sites (tertiary alicyclic amines) is 1. The van der Waals surface area contributed by atoms with Crippen molar-refractivity contribution in [3.05, 3.63) is 29.8 Å². The minimum absolute atomic E-state index is 0.324. The molecule has 102 valence electrons. The second kappa shape index (κ2) is 6.08. The molecule has 0 bridgehead atoms. The lowest BCUT2D eigenvalue weighted by atomic mass is 9.76. The number of nitriles is 1. The van der Waals surface area contributed by atoms with Gasteiger partial charge in [0.1, 0.15) is 5.75 Å². The van der Waals surface area contributed by atoms with Crippen LogP contribution in [0.1, 0.15) is 31.7 Å². The highest BCUT2D eigenvalue weighted by Gasteiger charge is 2.33. The molecule has 3 nitrogen and oxygen atoms in total. The van der Waals surface area contributed by atoms with E-state index in [1.807, 2.05) is 19.1 Å². The summed E-state index contributed by atoms with van der Waals surface area (Å²) in [7, 11) is 2.13. The molecule has 1 fully saturated rings. The second-order valence-electron chi connectivity index (χ2n) is 5.31. The van der Waals surface area contributed by atoms with Gasteiger partial charge < -0.3 is 9.64 Å². The zero-order valence-electron chi connectivity index (χ0n) is 11.9. The molecule has 1 aromatic carbocycles. The van der Waals surface area contributed by atoms with Crippen LogP contribution in [0, 0.1) is 11.3 Å². The van der Waals surface area contributed by atoms with Gasteiger partial charge in [-0.2, -0.15) is 5.26 Å². The highest BCUT2D eigenvalue weighted by molar-refractivity contribution is 5.37. The fraction of sp³-hybridized carbons (Fsp3) is 0.562. The largest absolute Gasteiger partial charge is 0.494 e. The molecular formula is C16H22N2O. The minimum Gasteiger partial charge on any atom is -0.494 e. The molecule has 1 aliphatic heterocycles. The molecule has 2 rings (SSSR count). The first-order chi connectivity index (χ1) is 9.20. The van der Waals surface area contributed by atoms with E-state index in [1.165, 1.54) is 0 Å². The first kappa shape index (κ1) is 13.9. The van der Waals surface area contributed by atoms with Gasteiger partial charge in [0.25, 0.3) is 0 Å². The van der Waals surface area contributed by atoms with Crippen LogP contribution in [0.15, 0.2) is 24.3 Å². The number of hydrogen-bond donors (Lipinski definition) is 0. The number of hydrogen-bond acceptors (Lipinski definition) is 3. The molecule has 0 aromatic heterocycles. The van der Waals surface area contributed by atoms with Crippen LogP contribution in [0.4, 0.5) is 0 Å². The third-order valence-corrected chi connectivity index (χ3v) is 4.00. The summed E-state index contributed by atoms with van der Waals surface area (Å²) in [5.74, 6) is 0.880. The maximum atomic E-state index is 9.68. The minimum atomic E-state index is -0.324. The number of nitrogens with zero attached hydrogens (tertiary/aromatic N) is 2. The maximum Gasteiger partial charge on any atom is 0.119 e. The maximum absolute atomic E-state index is 9.68. The van der Waals surface area contributed by atoms with Gasteiger partial charge in [-0.15, -0.1) is 0 Å². The third kappa shape index (κ3) is 3.08. The fourth-order valence-corrected chi connectivity index (χ4v) is 2.77. The Bertz CT molecular complexity index is 449. The van der Waals surface area contributed by atoms with Gasteiger partial charge in [0.05, 0.1) is 18.1 Å². The molecule has 0 N–H and O–H groups in total. The van der Waals surface area contributed by atoms with Gasteiger partial charge in [-0.1, -0.05) is 12.1 Å². The summed E-state index contributed by atoms with van der Waals surface area (Å²) < 4.78 is 5.47. The Morgan fingerprint density at radius 2 is 2.00 bits per heavy atom. The Morgan fingerprint density at radius 1 is 1.26 bits per heavy atom. The Labute approximate surface area is 115 Å². The molecule has 1 unspecified atom stereocenters. The van der Waals surface area contributed by atoms with Gasteiger partial charge in [-0.3, -0.25) is 0 Å². The lowest BCUT2D eigenvalue weighted by molar-refractivity contribution is 0.338. The molecule has 19 heavy (non-hydrogen) atoms. The summed E-state index contributed by atoms with van der Waals surface area (Å²) in [6, 6.07) is 10.6. The summed E-state index contributed by atoms with van der Waals surface area (Å²) in [5.41, 5.74) is 0.809. The van der Waals surface area contributed by atoms with Crippen molar-refractivity contribution in [1.29, 1.82) is 5.26 Å². The summed E-state index contributed by atoms with van der Waals surface area (Å²) >= 11 is 0. The van der Waals surface area contributed by atoms with E-state index < -0.39 is 0 Å². The van der Waals surface area contributed by atoms with Crippen LogP contribution < -0.4 is 4.74 Å². The number of benzene rings is 1. The number of ether oxygens (including phenoxy) is 1. The Hall–Kier alpha value is -1.53. The molecule has 1 aliphatic rings. The fourth-order valence-electron chi connectivity index (χ4n) is 2.77. The van der Waals surface area contributed by atoms with Crippen molar-refractivity contribution in [3.8, 4) is 11.8 Å². The Morgan fingerprint density at radius 3 is 2.63 bits per heavy atom. The lowest BCUT2D eigenvalue weighted by Gasteiger charge is -2.25. The molecule has 0 amide bonds. The van der Waals surface area contributed by atoms with Gasteiger partial charge in [0.2, 0.25) is 0 Å². The van der Waals surface area contributed by atoms with Crippen molar-refractivity contribution < 1.29 is 4.74 Å². The van der Waals surface area contributed by atoms with Crippen LogP contribution in [0.5, 0.6) is 5.75 Å². The summed E-state index contributed by atoms with van der Waals surface area (Å²) in [6.07, 6.45) is 2.94. The molecule has 1 saturated heterocycles. The van der Waals surface area contributed by atoms with Crippen molar-refractivity contribution in [2.75, 3.05) is 26.7 Å². The standard InChI is InChI=1S/C16H22N2O/c1-3-19-15-7-5-14(6-8-15)16(13-17)9-4-11-18(2)12-10-16/h5-8H,3-4,9-12H2,1-2H3. The average molecular weight is 258 g/mol. The van der Waals surface area contributed by atoms with Crippen LogP contribution in [-0.2, 0) is 5.41 Å². The monoisotopic (exact) mass is 258 g/mol. The quantitative estimate of drug-likeness (QED) is 0.836. The summed E-state index contributed by atoms with van der Waals surface area (Å²) in [4.78, 5) is 2.31. The van der Waals surface area contributed by atoms with E-state index in [0.29, 0.717) is 6.61 Å². The zero-order valence-corrected chi connectivity index (χ0v) is 11.9. The smallest absolute Gasteiger partial charge is 0.119 e. The number of rotatable bonds is 3. The molecule has 1 atom stereocenters. The van der Waals surface area contributed by atoms with Crippen molar-refractivity contribution in [2.24, 2.45) is 0 Å². The van der Waals surface area contributed by atoms with Gasteiger partial charge >= 0.3 is 0 Å². The van der Waals surface area contributed by atoms with Gasteiger partial charge in [-0.25, -0.2) is 0 Å². The lowest BCUT2D eigenvalue weighted by Crippen LogP contribution is -2.26. The van der Waals surface area contributed by atoms with Crippen LogP contribution in [-0.4, -0.2) is 31.6 Å². The highest BCUT2D eigenvalue weighted by Crippen LogP contribution is 2.35. The van der Waals surface area contributed by atoms with E-state index in [4.69, 9.17) is 4.74 Å². The molecule has 0 aliphatic carbocycles. The summed E-state index contributed by atoms with van der Waals surface area (Å²) in [6.45, 7) is 4.72. The Kier molecular flexibility index (Phi) is 4.44. The van der Waals surface area contributed by atoms with E-state index in [2.05, 4.69) is 30.1 Å². The predicted molar refractivity (Wildman–Crippen MR) is 76.3 cm³/mol. The van der Waals surface area contributed by atoms with Crippen LogP contribution >= 0.6 is 0 Å². The van der Waals surface area contributed by atoms with Crippen molar-refractivity contribution >= 4 is 0 Å². The first-order valence-corrected chi connectivity index (χ1v) is 7.03. The first-order valence-electron chi connectivity index (χ1n) is 7.03. The third-order valence-electron chi connectivity index (χ3n) is 4.00. The predicted octanol–water partition coefficient (Wildman–Crippen LogP) is 2.96. The van der Waals surface area contributed by atoms with E-state index in [1.54, 1.807) is 0 Å². The molecule has 1 heterocycles. The molecule has 1 aromatic rings. The van der Waals surface area contributed by atoms with Crippen LogP contribution in [0.25, 0.3) is 0 Å². The zero-order chi connectivity index (χ0) is 13.7. The van der Waals surface area contributed by atoms with E-state index in [9.17, 15) is 5.26 Å². The Balaban J connectivity index is 2.23. The highest BCUT2D eigenvalue weighted by atomic mass is 16.5. The molecule has 3 heteroatoms. The van der Waals surface area contributed by atoms with Crippen molar-refractivity contribution in [2.45, 2.75) is 31.6 Å². The van der Waals surface area contributed by atoms with Crippen molar-refractivity contribution in [1.82, 2.24) is 4.90 Å². The van der Waals surface area contributed by atoms with Crippen molar-refractivity contribution in [3.63, 3.8) is 0 Å². The normalized spacial score (nSPS) is 24.5. The van der Waals surface area contributed by atoms with Crippen LogP contribution in [0.2, 0.25) is 0 Å². The average Bonchev–Trinajstić information content (AvgIpc) is 2.63. The molecule has 0 radical (unpaired) electrons. The van der Waals surface area contributed by atoms with E-state index >= 15 is 0 Å². The van der Waals surface area contributed by atoms with Gasteiger partial charge in [0.15, 0.2) is 0 Å². The summed E-state index contributed by atoms with van der Waals surface area (Å²) in [5, 5.41) is 9.68.